The van der Waals surface area contributed by atoms with Gasteiger partial charge < -0.3 is 15.0 Å². The quantitative estimate of drug-likeness (QED) is 0.812. The lowest BCUT2D eigenvalue weighted by atomic mass is 9.91. The molecule has 1 spiro atoms. The Morgan fingerprint density at radius 3 is 2.96 bits per heavy atom. The van der Waals surface area contributed by atoms with Crippen molar-refractivity contribution in [3.63, 3.8) is 0 Å². The first kappa shape index (κ1) is 16.6. The first-order valence-corrected chi connectivity index (χ1v) is 8.83. The molecule has 1 atom stereocenters. The van der Waals surface area contributed by atoms with E-state index in [1.54, 1.807) is 0 Å². The van der Waals surface area contributed by atoms with Crippen LogP contribution < -0.4 is 10.1 Å². The number of hydrogen-bond acceptors (Lipinski definition) is 3. The summed E-state index contributed by atoms with van der Waals surface area (Å²) in [6.45, 7) is 3.45. The highest BCUT2D eigenvalue weighted by atomic mass is 35.5. The van der Waals surface area contributed by atoms with Crippen LogP contribution in [0.2, 0.25) is 5.02 Å². The number of carbonyl (C=O) groups is 1. The monoisotopic (exact) mass is 336 g/mol. The minimum atomic E-state index is 0.253. The van der Waals surface area contributed by atoms with Crippen molar-refractivity contribution >= 4 is 17.5 Å². The second-order valence-corrected chi connectivity index (χ2v) is 7.22. The Kier molecular flexibility index (Phi) is 5.12. The summed E-state index contributed by atoms with van der Waals surface area (Å²) in [6.07, 6.45) is 4.21. The summed E-state index contributed by atoms with van der Waals surface area (Å²) in [7, 11) is 1.91. The maximum Gasteiger partial charge on any atom is 0.226 e. The number of rotatable bonds is 6. The first-order chi connectivity index (χ1) is 11.1. The molecule has 1 unspecified atom stereocenters. The average Bonchev–Trinajstić information content (AvgIpc) is 3.24. The van der Waals surface area contributed by atoms with Crippen LogP contribution in [-0.4, -0.2) is 44.1 Å². The topological polar surface area (TPSA) is 41.6 Å². The zero-order chi connectivity index (χ0) is 16.3. The number of amides is 1. The normalized spacial score (nSPS) is 21.9. The third-order valence-corrected chi connectivity index (χ3v) is 5.40. The van der Waals surface area contributed by atoms with Crippen molar-refractivity contribution in [2.75, 3.05) is 33.3 Å². The lowest BCUT2D eigenvalue weighted by Gasteiger charge is -2.25. The molecule has 126 valence electrons. The van der Waals surface area contributed by atoms with Crippen molar-refractivity contribution in [3.8, 4) is 5.75 Å². The molecule has 2 fully saturated rings. The molecule has 1 N–H and O–H groups in total. The lowest BCUT2D eigenvalue weighted by Crippen LogP contribution is -2.35. The van der Waals surface area contributed by atoms with Gasteiger partial charge in [-0.15, -0.1) is 0 Å². The van der Waals surface area contributed by atoms with E-state index in [0.717, 1.165) is 51.1 Å². The number of nitrogens with zero attached hydrogens (tertiary/aromatic N) is 1. The second-order valence-electron chi connectivity index (χ2n) is 6.79. The molecule has 3 rings (SSSR count). The standard InChI is InChI=1S/C18H25ClN2O2/c1-21(10-3-11-23-15-5-2-4-14(19)12-15)17(22)16-13-18(16)6-8-20-9-7-18/h2,4-5,12,16,20H,3,6-11,13H2,1H3. The molecule has 2 aliphatic rings. The maximum absolute atomic E-state index is 12.5. The summed E-state index contributed by atoms with van der Waals surface area (Å²) >= 11 is 5.92. The van der Waals surface area contributed by atoms with Crippen LogP contribution in [0.5, 0.6) is 5.75 Å². The number of piperidine rings is 1. The lowest BCUT2D eigenvalue weighted by molar-refractivity contribution is -0.132. The van der Waals surface area contributed by atoms with E-state index in [1.165, 1.54) is 0 Å². The fourth-order valence-corrected chi connectivity index (χ4v) is 3.78. The number of hydrogen-bond donors (Lipinski definition) is 1. The molecule has 0 aromatic heterocycles. The molecular weight excluding hydrogens is 312 g/mol. The molecule has 4 nitrogen and oxygen atoms in total. The van der Waals surface area contributed by atoms with Gasteiger partial charge in [-0.2, -0.15) is 0 Å². The van der Waals surface area contributed by atoms with Gasteiger partial charge in [-0.05, 0) is 62.4 Å². The smallest absolute Gasteiger partial charge is 0.226 e. The van der Waals surface area contributed by atoms with Crippen LogP contribution in [0.1, 0.15) is 25.7 Å². The number of ether oxygens (including phenoxy) is 1. The van der Waals surface area contributed by atoms with Crippen LogP contribution in [0, 0.1) is 11.3 Å². The third-order valence-electron chi connectivity index (χ3n) is 5.17. The zero-order valence-corrected chi connectivity index (χ0v) is 14.4. The van der Waals surface area contributed by atoms with Gasteiger partial charge in [-0.25, -0.2) is 0 Å². The fraction of sp³-hybridized carbons (Fsp3) is 0.611. The summed E-state index contributed by atoms with van der Waals surface area (Å²) in [5.74, 6) is 1.35. The predicted molar refractivity (Wildman–Crippen MR) is 91.8 cm³/mol. The molecule has 1 saturated heterocycles. The SMILES string of the molecule is CN(CCCOc1cccc(Cl)c1)C(=O)C1CC12CCNCC2. The Morgan fingerprint density at radius 1 is 1.43 bits per heavy atom. The van der Waals surface area contributed by atoms with Crippen LogP contribution in [0.3, 0.4) is 0 Å². The predicted octanol–water partition coefficient (Wildman–Crippen LogP) is 2.96. The van der Waals surface area contributed by atoms with Gasteiger partial charge in [0.1, 0.15) is 5.75 Å². The highest BCUT2D eigenvalue weighted by molar-refractivity contribution is 6.30. The van der Waals surface area contributed by atoms with Crippen molar-refractivity contribution in [1.82, 2.24) is 10.2 Å². The van der Waals surface area contributed by atoms with Gasteiger partial charge in [0, 0.05) is 24.5 Å². The number of benzene rings is 1. The minimum absolute atomic E-state index is 0.253. The van der Waals surface area contributed by atoms with Crippen LogP contribution in [0.25, 0.3) is 0 Å². The summed E-state index contributed by atoms with van der Waals surface area (Å²) in [4.78, 5) is 14.4. The number of carbonyl (C=O) groups excluding carboxylic acids is 1. The summed E-state index contributed by atoms with van der Waals surface area (Å²) in [5, 5.41) is 4.06. The van der Waals surface area contributed by atoms with Crippen LogP contribution in [0.15, 0.2) is 24.3 Å². The van der Waals surface area contributed by atoms with E-state index in [0.29, 0.717) is 23.0 Å². The van der Waals surface area contributed by atoms with Crippen LogP contribution >= 0.6 is 11.6 Å². The van der Waals surface area contributed by atoms with E-state index in [1.807, 2.05) is 36.2 Å². The van der Waals surface area contributed by atoms with Gasteiger partial charge in [0.25, 0.3) is 0 Å². The Balaban J connectivity index is 1.38. The maximum atomic E-state index is 12.5. The highest BCUT2D eigenvalue weighted by Crippen LogP contribution is 2.59. The van der Waals surface area contributed by atoms with Crippen molar-refractivity contribution in [2.45, 2.75) is 25.7 Å². The molecule has 1 aliphatic heterocycles. The van der Waals surface area contributed by atoms with E-state index in [-0.39, 0.29) is 5.92 Å². The summed E-state index contributed by atoms with van der Waals surface area (Å²) in [6, 6.07) is 7.40. The van der Waals surface area contributed by atoms with Crippen molar-refractivity contribution in [2.24, 2.45) is 11.3 Å². The molecule has 1 saturated carbocycles. The van der Waals surface area contributed by atoms with E-state index >= 15 is 0 Å². The average molecular weight is 337 g/mol. The number of halogens is 1. The highest BCUT2D eigenvalue weighted by Gasteiger charge is 2.58. The van der Waals surface area contributed by atoms with E-state index in [4.69, 9.17) is 16.3 Å². The van der Waals surface area contributed by atoms with E-state index < -0.39 is 0 Å². The molecule has 1 aromatic carbocycles. The van der Waals surface area contributed by atoms with Crippen molar-refractivity contribution < 1.29 is 9.53 Å². The summed E-state index contributed by atoms with van der Waals surface area (Å²) < 4.78 is 5.67. The molecule has 0 bridgehead atoms. The Labute approximate surface area is 143 Å². The Bertz CT molecular complexity index is 558. The van der Waals surface area contributed by atoms with Crippen molar-refractivity contribution in [1.29, 1.82) is 0 Å². The third kappa shape index (κ3) is 3.99. The molecule has 23 heavy (non-hydrogen) atoms. The molecular formula is C18H25ClN2O2. The first-order valence-electron chi connectivity index (χ1n) is 8.45. The molecule has 0 radical (unpaired) electrons. The molecule has 1 aliphatic carbocycles. The molecule has 1 amide bonds. The van der Waals surface area contributed by atoms with Crippen molar-refractivity contribution in [3.05, 3.63) is 29.3 Å². The Hall–Kier alpha value is -1.26. The fourth-order valence-electron chi connectivity index (χ4n) is 3.60. The van der Waals surface area contributed by atoms with E-state index in [9.17, 15) is 4.79 Å². The van der Waals surface area contributed by atoms with Gasteiger partial charge in [0.2, 0.25) is 5.91 Å². The van der Waals surface area contributed by atoms with Crippen LogP contribution in [0.4, 0.5) is 0 Å². The van der Waals surface area contributed by atoms with E-state index in [2.05, 4.69) is 5.32 Å². The summed E-state index contributed by atoms with van der Waals surface area (Å²) in [5.41, 5.74) is 0.313. The number of nitrogens with one attached hydrogen (secondary N) is 1. The molecule has 5 heteroatoms. The largest absolute Gasteiger partial charge is 0.493 e. The molecule has 1 aromatic rings. The molecule has 1 heterocycles. The zero-order valence-electron chi connectivity index (χ0n) is 13.7. The van der Waals surface area contributed by atoms with Gasteiger partial charge in [-0.1, -0.05) is 17.7 Å². The van der Waals surface area contributed by atoms with Gasteiger partial charge in [0.15, 0.2) is 0 Å². The van der Waals surface area contributed by atoms with Gasteiger partial charge in [0.05, 0.1) is 6.61 Å². The second kappa shape index (κ2) is 7.10. The van der Waals surface area contributed by atoms with Gasteiger partial charge >= 0.3 is 0 Å². The van der Waals surface area contributed by atoms with Crippen LogP contribution in [-0.2, 0) is 4.79 Å². The minimum Gasteiger partial charge on any atom is -0.493 e. The van der Waals surface area contributed by atoms with Gasteiger partial charge in [-0.3, -0.25) is 4.79 Å². The Morgan fingerprint density at radius 2 is 2.22 bits per heavy atom.